The number of para-hydroxylation sites is 1. The van der Waals surface area contributed by atoms with Gasteiger partial charge in [-0.25, -0.2) is 22.2 Å². The lowest BCUT2D eigenvalue weighted by molar-refractivity contribution is -0.142. The average Bonchev–Trinajstić information content (AvgIpc) is 3.44. The number of alkyl halides is 5. The Balaban J connectivity index is 1.09. The highest BCUT2D eigenvalue weighted by molar-refractivity contribution is 7.92. The molecule has 3 fully saturated rings. The van der Waals surface area contributed by atoms with Crippen LogP contribution in [0.4, 0.5) is 41.7 Å². The normalized spacial score (nSPS) is 20.5. The maximum absolute atomic E-state index is 15.5. The minimum atomic E-state index is -5.06. The van der Waals surface area contributed by atoms with Crippen molar-refractivity contribution in [3.8, 4) is 11.1 Å². The Bertz CT molecular complexity index is 2920. The number of thiazole rings is 1. The van der Waals surface area contributed by atoms with Crippen LogP contribution in [0.5, 0.6) is 0 Å². The zero-order valence-corrected chi connectivity index (χ0v) is 35.0. The van der Waals surface area contributed by atoms with Crippen molar-refractivity contribution in [2.45, 2.75) is 49.5 Å². The summed E-state index contributed by atoms with van der Waals surface area (Å²) >= 11 is 1.36. The summed E-state index contributed by atoms with van der Waals surface area (Å²) in [7, 11) is -2.19. The minimum absolute atomic E-state index is 0.0274. The summed E-state index contributed by atoms with van der Waals surface area (Å²) in [6, 6.07) is 8.60. The quantitative estimate of drug-likeness (QED) is 0.150. The lowest BCUT2D eigenvalue weighted by Crippen LogP contribution is -2.56. The SMILES string of the molecule is Cn1nc(NS(C)(=O)=O)c2cccc(-c3cc4sc(N5CCN(C6COC6)CC5)nc4nc3[C@H](Cc3cc(F)cc(F)c3)NC(=O)Cn3nc(C(F)(F)F)c4c3C(F)(F)[C@@H]3CC43)c21. The van der Waals surface area contributed by atoms with E-state index in [0.29, 0.717) is 75.0 Å². The maximum Gasteiger partial charge on any atom is 0.435 e. The number of carbonyl (C=O) groups is 1. The zero-order valence-electron chi connectivity index (χ0n) is 33.4. The molecule has 4 aromatic heterocycles. The van der Waals surface area contributed by atoms with Crippen molar-refractivity contribution in [1.29, 1.82) is 0 Å². The molecule has 0 spiro atoms. The second kappa shape index (κ2) is 14.8. The molecule has 0 radical (unpaired) electrons. The van der Waals surface area contributed by atoms with E-state index in [0.717, 1.165) is 31.5 Å². The van der Waals surface area contributed by atoms with Crippen LogP contribution >= 0.6 is 11.3 Å². The lowest BCUT2D eigenvalue weighted by Gasteiger charge is -2.42. The van der Waals surface area contributed by atoms with Crippen LogP contribution in [0.15, 0.2) is 42.5 Å². The molecule has 2 aliphatic heterocycles. The summed E-state index contributed by atoms with van der Waals surface area (Å²) < 4.78 is 138. The summed E-state index contributed by atoms with van der Waals surface area (Å²) in [6.07, 6.45) is -4.55. The number of piperazine rings is 1. The number of fused-ring (bicyclic) bond motifs is 5. The highest BCUT2D eigenvalue weighted by atomic mass is 32.2. The number of sulfonamides is 1. The Hall–Kier alpha value is -5.39. The van der Waals surface area contributed by atoms with Gasteiger partial charge in [-0.05, 0) is 48.6 Å². The van der Waals surface area contributed by atoms with E-state index in [1.807, 2.05) is 0 Å². The van der Waals surface area contributed by atoms with E-state index in [2.05, 4.69) is 30.0 Å². The van der Waals surface area contributed by atoms with Crippen molar-refractivity contribution in [3.63, 3.8) is 0 Å². The summed E-state index contributed by atoms with van der Waals surface area (Å²) in [5.41, 5.74) is -1.39. The van der Waals surface area contributed by atoms with Crippen molar-refractivity contribution < 1.29 is 48.7 Å². The number of pyridine rings is 1. The van der Waals surface area contributed by atoms with Crippen LogP contribution < -0.4 is 14.9 Å². The summed E-state index contributed by atoms with van der Waals surface area (Å²) in [5, 5.41) is 11.7. The first-order valence-corrected chi connectivity index (χ1v) is 22.7. The number of nitrogens with one attached hydrogen (secondary N) is 2. The van der Waals surface area contributed by atoms with Crippen LogP contribution in [0.1, 0.15) is 46.6 Å². The number of amides is 1. The summed E-state index contributed by atoms with van der Waals surface area (Å²) in [6.45, 7) is 3.19. The molecule has 0 bridgehead atoms. The molecule has 2 aliphatic carbocycles. The van der Waals surface area contributed by atoms with Gasteiger partial charge < -0.3 is 15.0 Å². The summed E-state index contributed by atoms with van der Waals surface area (Å²) in [5.74, 6) is -8.89. The number of anilines is 2. The molecule has 6 aromatic rings. The molecule has 1 amide bonds. The number of nitrogens with zero attached hydrogens (tertiary/aromatic N) is 8. The van der Waals surface area contributed by atoms with Gasteiger partial charge in [0.05, 0.1) is 47.5 Å². The monoisotopic (exact) mass is 918 g/mol. The van der Waals surface area contributed by atoms with Crippen molar-refractivity contribution in [1.82, 2.24) is 39.7 Å². The lowest BCUT2D eigenvalue weighted by atomic mass is 9.94. The summed E-state index contributed by atoms with van der Waals surface area (Å²) in [4.78, 5) is 28.5. The van der Waals surface area contributed by atoms with E-state index >= 15 is 8.78 Å². The molecule has 1 saturated carbocycles. The molecule has 2 aromatic carbocycles. The van der Waals surface area contributed by atoms with E-state index in [1.54, 1.807) is 31.3 Å². The molecule has 14 nitrogen and oxygen atoms in total. The van der Waals surface area contributed by atoms with Gasteiger partial charge in [-0.1, -0.05) is 23.5 Å². The smallest absolute Gasteiger partial charge is 0.378 e. The van der Waals surface area contributed by atoms with E-state index in [4.69, 9.17) is 14.7 Å². The van der Waals surface area contributed by atoms with E-state index < -0.39 is 81.0 Å². The number of ether oxygens (including phenoxy) is 1. The van der Waals surface area contributed by atoms with Crippen LogP contribution in [0.2, 0.25) is 0 Å². The van der Waals surface area contributed by atoms with Crippen LogP contribution in [0, 0.1) is 17.6 Å². The van der Waals surface area contributed by atoms with Gasteiger partial charge >= 0.3 is 6.18 Å². The van der Waals surface area contributed by atoms with E-state index in [-0.39, 0.29) is 35.6 Å². The van der Waals surface area contributed by atoms with Crippen LogP contribution in [-0.4, -0.2) is 100 Å². The first kappa shape index (κ1) is 41.6. The number of hydrogen-bond acceptors (Lipinski definition) is 11. The van der Waals surface area contributed by atoms with Gasteiger partial charge in [0.25, 0.3) is 5.92 Å². The standard InChI is InChI=1S/C40H37F7N10O4S2/c1-54-33-23(4-3-5-24(33)36(52-54)53-63(2,59)60)25-15-29-37(50-38(62-29)56-8-6-55(7-9-56)22-17-61-18-22)49-32(25)28(12-19-10-20(41)13-21(42)11-19)48-30(58)16-57-35-31(34(51-57)40(45,46)47)26-14-27(26)39(35,43)44/h3-5,10-11,13,15,22,26-28H,6-9,12,14,16-18H2,1-2H3,(H,48,58)(H,52,53)/t26?,27-,28+/m1/s1. The van der Waals surface area contributed by atoms with Gasteiger partial charge in [-0.3, -0.25) is 23.8 Å². The number of hydrogen-bond donors (Lipinski definition) is 2. The van der Waals surface area contributed by atoms with E-state index in [9.17, 15) is 35.2 Å². The molecule has 63 heavy (non-hydrogen) atoms. The second-order valence-corrected chi connectivity index (χ2v) is 19.2. The number of aromatic nitrogens is 6. The largest absolute Gasteiger partial charge is 0.435 e. The van der Waals surface area contributed by atoms with E-state index in [1.165, 1.54) is 16.0 Å². The third-order valence-electron chi connectivity index (χ3n) is 12.1. The molecular formula is C40H37F7N10O4S2. The minimum Gasteiger partial charge on any atom is -0.378 e. The highest BCUT2D eigenvalue weighted by Crippen LogP contribution is 2.68. The Morgan fingerprint density at radius 2 is 1.75 bits per heavy atom. The van der Waals surface area contributed by atoms with Gasteiger partial charge in [0, 0.05) is 67.3 Å². The molecular weight excluding hydrogens is 882 g/mol. The van der Waals surface area contributed by atoms with Crippen molar-refractivity contribution in [2.75, 3.05) is 55.3 Å². The fraction of sp³-hybridized carbons (Fsp3) is 0.425. The van der Waals surface area contributed by atoms with Gasteiger partial charge in [0.2, 0.25) is 15.9 Å². The predicted molar refractivity (Wildman–Crippen MR) is 217 cm³/mol. The average molecular weight is 919 g/mol. The molecule has 3 atom stereocenters. The molecule has 23 heteroatoms. The third kappa shape index (κ3) is 7.54. The Morgan fingerprint density at radius 1 is 1.02 bits per heavy atom. The van der Waals surface area contributed by atoms with Crippen LogP contribution in [-0.2, 0) is 51.7 Å². The van der Waals surface area contributed by atoms with Crippen molar-refractivity contribution >= 4 is 59.5 Å². The Morgan fingerprint density at radius 3 is 2.41 bits per heavy atom. The van der Waals surface area contributed by atoms with Crippen LogP contribution in [0.3, 0.4) is 0 Å². The molecule has 6 heterocycles. The number of benzene rings is 2. The molecule has 2 saturated heterocycles. The fourth-order valence-corrected chi connectivity index (χ4v) is 10.7. The molecule has 10 rings (SSSR count). The Kier molecular flexibility index (Phi) is 9.80. The number of halogens is 7. The third-order valence-corrected chi connectivity index (χ3v) is 13.7. The molecule has 332 valence electrons. The highest BCUT2D eigenvalue weighted by Gasteiger charge is 2.68. The fourth-order valence-electron chi connectivity index (χ4n) is 9.15. The van der Waals surface area contributed by atoms with Gasteiger partial charge in [0.15, 0.2) is 22.3 Å². The van der Waals surface area contributed by atoms with Gasteiger partial charge in [0.1, 0.15) is 23.9 Å². The van der Waals surface area contributed by atoms with Gasteiger partial charge in [-0.15, -0.1) is 0 Å². The molecule has 4 aliphatic rings. The molecule has 2 N–H and O–H groups in total. The first-order chi connectivity index (χ1) is 29.8. The predicted octanol–water partition coefficient (Wildman–Crippen LogP) is 5.94. The number of rotatable bonds is 11. The molecule has 1 unspecified atom stereocenters. The first-order valence-electron chi connectivity index (χ1n) is 19.9. The van der Waals surface area contributed by atoms with Crippen molar-refractivity contribution in [2.24, 2.45) is 13.0 Å². The maximum atomic E-state index is 15.5. The number of carbonyl (C=O) groups excluding carboxylic acids is 1. The Labute approximate surface area is 358 Å². The topological polar surface area (TPSA) is 152 Å². The zero-order chi connectivity index (χ0) is 44.3. The number of aryl methyl sites for hydroxylation is 1. The van der Waals surface area contributed by atoms with Gasteiger partial charge in [-0.2, -0.15) is 37.1 Å². The second-order valence-electron chi connectivity index (χ2n) is 16.4. The van der Waals surface area contributed by atoms with Crippen molar-refractivity contribution in [3.05, 3.63) is 82.3 Å². The van der Waals surface area contributed by atoms with Crippen LogP contribution in [0.25, 0.3) is 32.4 Å².